The molecule has 1 saturated carbocycles. The summed E-state index contributed by atoms with van der Waals surface area (Å²) in [4.78, 5) is 0. The Morgan fingerprint density at radius 3 is 2.37 bits per heavy atom. The van der Waals surface area contributed by atoms with E-state index in [2.05, 4.69) is 17.0 Å². The van der Waals surface area contributed by atoms with Gasteiger partial charge in [0.25, 0.3) is 0 Å². The third-order valence-electron chi connectivity index (χ3n) is 3.67. The van der Waals surface area contributed by atoms with Crippen molar-refractivity contribution in [1.82, 2.24) is 0 Å². The Labute approximate surface area is 115 Å². The van der Waals surface area contributed by atoms with E-state index in [1.54, 1.807) is 6.07 Å². The van der Waals surface area contributed by atoms with Gasteiger partial charge in [-0.1, -0.05) is 31.9 Å². The lowest BCUT2D eigenvalue weighted by atomic mass is 9.86. The van der Waals surface area contributed by atoms with Gasteiger partial charge in [-0.05, 0) is 30.9 Å². The summed E-state index contributed by atoms with van der Waals surface area (Å²) in [6, 6.07) is 7.90. The van der Waals surface area contributed by atoms with Gasteiger partial charge in [-0.25, -0.2) is 8.42 Å². The van der Waals surface area contributed by atoms with Crippen LogP contribution in [0.4, 0.5) is 11.4 Å². The summed E-state index contributed by atoms with van der Waals surface area (Å²) in [6.45, 7) is 2.25. The Bertz CT molecular complexity index is 528. The highest BCUT2D eigenvalue weighted by molar-refractivity contribution is 7.92. The molecule has 0 saturated heterocycles. The van der Waals surface area contributed by atoms with Crippen LogP contribution in [-0.2, 0) is 10.0 Å². The second kappa shape index (κ2) is 5.82. The number of benzene rings is 1. The SMILES string of the molecule is CC1CCCCC1Nc1ccccc1NS(C)(=O)=O. The lowest BCUT2D eigenvalue weighted by Gasteiger charge is -2.31. The molecule has 0 bridgehead atoms. The first-order valence-corrected chi connectivity index (χ1v) is 8.68. The van der Waals surface area contributed by atoms with Gasteiger partial charge >= 0.3 is 0 Å². The standard InChI is InChI=1S/C14H22N2O2S/c1-11-7-3-4-8-12(11)15-13-9-5-6-10-14(13)16-19(2,17)18/h5-6,9-12,15-16H,3-4,7-8H2,1-2H3. The second-order valence-corrected chi connectivity index (χ2v) is 7.18. The monoisotopic (exact) mass is 282 g/mol. The molecule has 106 valence electrons. The van der Waals surface area contributed by atoms with Crippen LogP contribution in [-0.4, -0.2) is 20.7 Å². The Balaban J connectivity index is 2.15. The minimum absolute atomic E-state index is 0.427. The van der Waals surface area contributed by atoms with E-state index >= 15 is 0 Å². The van der Waals surface area contributed by atoms with E-state index in [9.17, 15) is 8.42 Å². The number of hydrogen-bond acceptors (Lipinski definition) is 3. The summed E-state index contributed by atoms with van der Waals surface area (Å²) in [5, 5.41) is 3.49. The Hall–Kier alpha value is -1.23. The minimum atomic E-state index is -3.24. The fourth-order valence-electron chi connectivity index (χ4n) is 2.63. The van der Waals surface area contributed by atoms with Crippen LogP contribution in [0.25, 0.3) is 0 Å². The van der Waals surface area contributed by atoms with Crippen molar-refractivity contribution in [2.45, 2.75) is 38.6 Å². The van der Waals surface area contributed by atoms with Crippen LogP contribution >= 0.6 is 0 Å². The van der Waals surface area contributed by atoms with Gasteiger partial charge in [0, 0.05) is 6.04 Å². The van der Waals surface area contributed by atoms with E-state index in [0.29, 0.717) is 17.6 Å². The summed E-state index contributed by atoms with van der Waals surface area (Å²) in [7, 11) is -3.24. The molecule has 2 N–H and O–H groups in total. The normalized spacial score (nSPS) is 23.9. The molecule has 0 heterocycles. The molecule has 0 aliphatic heterocycles. The van der Waals surface area contributed by atoms with Crippen LogP contribution in [0.2, 0.25) is 0 Å². The van der Waals surface area contributed by atoms with Crippen LogP contribution in [0.5, 0.6) is 0 Å². The fourth-order valence-corrected chi connectivity index (χ4v) is 3.21. The van der Waals surface area contributed by atoms with E-state index in [-0.39, 0.29) is 0 Å². The number of hydrogen-bond donors (Lipinski definition) is 2. The molecule has 2 rings (SSSR count). The van der Waals surface area contributed by atoms with Crippen LogP contribution in [0.15, 0.2) is 24.3 Å². The molecule has 0 amide bonds. The van der Waals surface area contributed by atoms with Crippen molar-refractivity contribution in [3.8, 4) is 0 Å². The molecule has 1 aliphatic rings. The Kier molecular flexibility index (Phi) is 4.34. The highest BCUT2D eigenvalue weighted by atomic mass is 32.2. The third-order valence-corrected chi connectivity index (χ3v) is 4.27. The molecule has 1 aliphatic carbocycles. The molecule has 2 unspecified atom stereocenters. The molecule has 0 aromatic heterocycles. The van der Waals surface area contributed by atoms with Gasteiger partial charge in [0.05, 0.1) is 17.6 Å². The van der Waals surface area contributed by atoms with E-state index in [0.717, 1.165) is 12.1 Å². The third kappa shape index (κ3) is 4.13. The van der Waals surface area contributed by atoms with Crippen molar-refractivity contribution < 1.29 is 8.42 Å². The maximum atomic E-state index is 11.4. The van der Waals surface area contributed by atoms with Gasteiger partial charge in [0.15, 0.2) is 0 Å². The Morgan fingerprint density at radius 1 is 1.11 bits per heavy atom. The van der Waals surface area contributed by atoms with Gasteiger partial charge in [-0.2, -0.15) is 0 Å². The van der Waals surface area contributed by atoms with E-state index in [1.807, 2.05) is 18.2 Å². The van der Waals surface area contributed by atoms with Crippen LogP contribution in [0, 0.1) is 5.92 Å². The summed E-state index contributed by atoms with van der Waals surface area (Å²) < 4.78 is 25.3. The summed E-state index contributed by atoms with van der Waals surface area (Å²) in [5.41, 5.74) is 1.49. The predicted molar refractivity (Wildman–Crippen MR) is 80.0 cm³/mol. The van der Waals surface area contributed by atoms with Crippen LogP contribution in [0.1, 0.15) is 32.6 Å². The zero-order chi connectivity index (χ0) is 13.9. The van der Waals surface area contributed by atoms with E-state index in [1.165, 1.54) is 25.5 Å². The Morgan fingerprint density at radius 2 is 1.74 bits per heavy atom. The first kappa shape index (κ1) is 14.2. The smallest absolute Gasteiger partial charge is 0.229 e. The number of para-hydroxylation sites is 2. The van der Waals surface area contributed by atoms with Crippen molar-refractivity contribution in [2.24, 2.45) is 5.92 Å². The summed E-state index contributed by atoms with van der Waals surface area (Å²) in [5.74, 6) is 0.625. The van der Waals surface area contributed by atoms with Gasteiger partial charge < -0.3 is 5.32 Å². The number of anilines is 2. The minimum Gasteiger partial charge on any atom is -0.380 e. The molecule has 4 nitrogen and oxygen atoms in total. The molecular formula is C14H22N2O2S. The molecule has 1 aromatic carbocycles. The maximum Gasteiger partial charge on any atom is 0.229 e. The quantitative estimate of drug-likeness (QED) is 0.892. The van der Waals surface area contributed by atoms with Crippen molar-refractivity contribution in [1.29, 1.82) is 0 Å². The van der Waals surface area contributed by atoms with Gasteiger partial charge in [-0.3, -0.25) is 4.72 Å². The number of rotatable bonds is 4. The molecule has 19 heavy (non-hydrogen) atoms. The summed E-state index contributed by atoms with van der Waals surface area (Å²) >= 11 is 0. The topological polar surface area (TPSA) is 58.2 Å². The molecule has 1 fully saturated rings. The lowest BCUT2D eigenvalue weighted by molar-refractivity contribution is 0.349. The largest absolute Gasteiger partial charge is 0.380 e. The van der Waals surface area contributed by atoms with E-state index < -0.39 is 10.0 Å². The van der Waals surface area contributed by atoms with Gasteiger partial charge in [-0.15, -0.1) is 0 Å². The maximum absolute atomic E-state index is 11.4. The van der Waals surface area contributed by atoms with E-state index in [4.69, 9.17) is 0 Å². The fraction of sp³-hybridized carbons (Fsp3) is 0.571. The predicted octanol–water partition coefficient (Wildman–Crippen LogP) is 3.05. The molecule has 1 aromatic rings. The second-order valence-electron chi connectivity index (χ2n) is 5.43. The lowest BCUT2D eigenvalue weighted by Crippen LogP contribution is -2.30. The average Bonchev–Trinajstić information content (AvgIpc) is 2.33. The molecule has 0 radical (unpaired) electrons. The zero-order valence-corrected chi connectivity index (χ0v) is 12.3. The van der Waals surface area contributed by atoms with Crippen LogP contribution in [0.3, 0.4) is 0 Å². The zero-order valence-electron chi connectivity index (χ0n) is 11.5. The van der Waals surface area contributed by atoms with Crippen LogP contribution < -0.4 is 10.0 Å². The molecule has 2 atom stereocenters. The highest BCUT2D eigenvalue weighted by Crippen LogP contribution is 2.30. The molecular weight excluding hydrogens is 260 g/mol. The number of nitrogens with one attached hydrogen (secondary N) is 2. The average molecular weight is 282 g/mol. The van der Waals surface area contributed by atoms with Gasteiger partial charge in [0.1, 0.15) is 0 Å². The van der Waals surface area contributed by atoms with Crippen molar-refractivity contribution in [3.05, 3.63) is 24.3 Å². The highest BCUT2D eigenvalue weighted by Gasteiger charge is 2.21. The number of sulfonamides is 1. The first-order valence-electron chi connectivity index (χ1n) is 6.79. The van der Waals surface area contributed by atoms with Crippen molar-refractivity contribution >= 4 is 21.4 Å². The molecule has 5 heteroatoms. The van der Waals surface area contributed by atoms with Gasteiger partial charge in [0.2, 0.25) is 10.0 Å². The summed E-state index contributed by atoms with van der Waals surface area (Å²) in [6.07, 6.45) is 6.09. The molecule has 0 spiro atoms. The van der Waals surface area contributed by atoms with Crippen molar-refractivity contribution in [3.63, 3.8) is 0 Å². The van der Waals surface area contributed by atoms with Crippen molar-refractivity contribution in [2.75, 3.05) is 16.3 Å². The first-order chi connectivity index (χ1) is 8.96.